The highest BCUT2D eigenvalue weighted by atomic mass is 32.1. The largest absolute Gasteiger partial charge is 0.483 e. The lowest BCUT2D eigenvalue weighted by molar-refractivity contribution is -0.140. The molecule has 3 fully saturated rings. The second-order valence-corrected chi connectivity index (χ2v) is 15.8. The van der Waals surface area contributed by atoms with Crippen LogP contribution in [0.5, 0.6) is 5.75 Å². The summed E-state index contributed by atoms with van der Waals surface area (Å²) in [7, 11) is 0. The molecule has 0 saturated carbocycles. The van der Waals surface area contributed by atoms with Gasteiger partial charge in [-0.3, -0.25) is 43.9 Å². The zero-order valence-corrected chi connectivity index (χ0v) is 34.0. The maximum Gasteiger partial charge on any atom is 0.420 e. The van der Waals surface area contributed by atoms with E-state index in [0.717, 1.165) is 47.9 Å². The van der Waals surface area contributed by atoms with E-state index < -0.39 is 82.4 Å². The average Bonchev–Trinajstić information content (AvgIpc) is 3.58. The molecule has 0 aromatic heterocycles. The normalized spacial score (nSPS) is 19.2. The Morgan fingerprint density at radius 1 is 1.00 bits per heavy atom. The van der Waals surface area contributed by atoms with E-state index in [4.69, 9.17) is 22.2 Å². The van der Waals surface area contributed by atoms with Crippen molar-refractivity contribution in [3.05, 3.63) is 88.2 Å². The van der Waals surface area contributed by atoms with Gasteiger partial charge in [-0.25, -0.2) is 4.39 Å². The van der Waals surface area contributed by atoms with Gasteiger partial charge < -0.3 is 19.9 Å². The molecule has 3 saturated heterocycles. The van der Waals surface area contributed by atoms with Crippen molar-refractivity contribution in [1.82, 2.24) is 20.4 Å². The number of benzene rings is 3. The highest BCUT2D eigenvalue weighted by Crippen LogP contribution is 2.42. The Bertz CT molecular complexity index is 2520. The number of amides is 6. The van der Waals surface area contributed by atoms with Crippen molar-refractivity contribution in [3.8, 4) is 23.7 Å². The van der Waals surface area contributed by atoms with Crippen molar-refractivity contribution in [3.63, 3.8) is 0 Å². The van der Waals surface area contributed by atoms with E-state index in [1.807, 2.05) is 0 Å². The van der Waals surface area contributed by atoms with Crippen LogP contribution < -0.4 is 25.2 Å². The van der Waals surface area contributed by atoms with Gasteiger partial charge in [0.25, 0.3) is 23.6 Å². The van der Waals surface area contributed by atoms with Crippen LogP contribution in [0.4, 0.5) is 28.9 Å². The minimum Gasteiger partial charge on any atom is -0.483 e. The van der Waals surface area contributed by atoms with Gasteiger partial charge in [-0.2, -0.15) is 18.4 Å². The number of likely N-dealkylation sites (tertiary alicyclic amines) is 1. The van der Waals surface area contributed by atoms with Gasteiger partial charge in [0, 0.05) is 36.7 Å². The molecule has 0 radical (unpaired) electrons. The fraction of sp³-hybridized carbons (Fsp3) is 0.349. The molecule has 2 N–H and O–H groups in total. The number of ether oxygens (including phenoxy) is 1. The number of piperidine rings is 2. The molecular weight excluding hydrogens is 835 g/mol. The van der Waals surface area contributed by atoms with E-state index in [9.17, 15) is 41.9 Å². The molecule has 1 unspecified atom stereocenters. The smallest absolute Gasteiger partial charge is 0.420 e. The van der Waals surface area contributed by atoms with E-state index in [0.29, 0.717) is 24.3 Å². The molecule has 0 spiro atoms. The molecule has 0 bridgehead atoms. The summed E-state index contributed by atoms with van der Waals surface area (Å²) < 4.78 is 62.2. The van der Waals surface area contributed by atoms with Crippen molar-refractivity contribution in [2.45, 2.75) is 57.3 Å². The zero-order chi connectivity index (χ0) is 44.7. The summed E-state index contributed by atoms with van der Waals surface area (Å²) in [6, 6.07) is 13.1. The summed E-state index contributed by atoms with van der Waals surface area (Å²) in [4.78, 5) is 81.6. The number of thiocarbonyl (C=S) groups is 1. The second kappa shape index (κ2) is 17.0. The Balaban J connectivity index is 0.882. The van der Waals surface area contributed by atoms with Gasteiger partial charge in [0.1, 0.15) is 22.9 Å². The SMILES string of the molecule is CC1(C)C(=O)N(c2ccc(C#N)c(C(F)(F)F)c2F)C(=S)N1c1ccc(C#CC2CCN(CCNC(=O)COc3cccc4c3C(=O)N(C3CCC(=O)NC3=O)C4=O)CC2)cc1. The number of halogens is 4. The lowest BCUT2D eigenvalue weighted by Crippen LogP contribution is -2.54. The van der Waals surface area contributed by atoms with Crippen LogP contribution in [0.15, 0.2) is 54.6 Å². The Hall–Kier alpha value is -6.70. The van der Waals surface area contributed by atoms with Crippen LogP contribution in [0, 0.1) is 34.9 Å². The number of nitriles is 1. The zero-order valence-electron chi connectivity index (χ0n) is 33.2. The summed E-state index contributed by atoms with van der Waals surface area (Å²) in [5, 5.41) is 13.9. The molecule has 19 heteroatoms. The standard InChI is InChI=1S/C43H37F4N7O7S/c1-42(2)40(60)53(29-13-10-26(22-48)35(36(29)44)43(45,46)47)41(62)54(42)27-11-8-24(9-12-27)6-7-25-16-19-51(20-17-25)21-18-49-33(56)23-61-31-5-3-4-28-34(31)39(59)52(38(28)58)30-14-15-32(55)50-37(30)57/h3-5,8-13,25,30H,14-21,23H2,1-2H3,(H,49,56)(H,50,55,57). The Kier molecular flexibility index (Phi) is 11.9. The highest BCUT2D eigenvalue weighted by molar-refractivity contribution is 7.81. The minimum atomic E-state index is -5.19. The highest BCUT2D eigenvalue weighted by Gasteiger charge is 2.52. The predicted octanol–water partition coefficient (Wildman–Crippen LogP) is 4.29. The third-order valence-electron chi connectivity index (χ3n) is 11.1. The molecule has 14 nitrogen and oxygen atoms in total. The first-order valence-corrected chi connectivity index (χ1v) is 19.9. The van der Waals surface area contributed by atoms with Gasteiger partial charge in [0.2, 0.25) is 11.8 Å². The fourth-order valence-corrected chi connectivity index (χ4v) is 8.40. The van der Waals surface area contributed by atoms with Crippen LogP contribution in [-0.2, 0) is 25.4 Å². The molecule has 7 rings (SSSR count). The van der Waals surface area contributed by atoms with E-state index >= 15 is 4.39 Å². The molecular formula is C43H37F4N7O7S. The number of rotatable bonds is 9. The summed E-state index contributed by atoms with van der Waals surface area (Å²) in [5.41, 5.74) is -3.69. The van der Waals surface area contributed by atoms with Gasteiger partial charge in [-0.05, 0) is 107 Å². The summed E-state index contributed by atoms with van der Waals surface area (Å²) >= 11 is 5.53. The number of fused-ring (bicyclic) bond motifs is 1. The number of nitrogens with zero attached hydrogens (tertiary/aromatic N) is 5. The Morgan fingerprint density at radius 3 is 2.37 bits per heavy atom. The van der Waals surface area contributed by atoms with Gasteiger partial charge in [0.05, 0.1) is 28.4 Å². The number of carbonyl (C=O) groups excluding carboxylic acids is 6. The van der Waals surface area contributed by atoms with Gasteiger partial charge in [0.15, 0.2) is 17.5 Å². The molecule has 4 heterocycles. The van der Waals surface area contributed by atoms with Gasteiger partial charge in [-0.15, -0.1) is 0 Å². The van der Waals surface area contributed by atoms with Crippen molar-refractivity contribution < 1.29 is 51.1 Å². The molecule has 62 heavy (non-hydrogen) atoms. The first kappa shape index (κ1) is 43.4. The van der Waals surface area contributed by atoms with Crippen molar-refractivity contribution in [1.29, 1.82) is 5.26 Å². The summed E-state index contributed by atoms with van der Waals surface area (Å²) in [6.45, 7) is 4.98. The predicted molar refractivity (Wildman–Crippen MR) is 217 cm³/mol. The average molecular weight is 872 g/mol. The fourth-order valence-electron chi connectivity index (χ4n) is 7.88. The van der Waals surface area contributed by atoms with Crippen LogP contribution >= 0.6 is 12.2 Å². The Labute approximate surface area is 357 Å². The number of hydrogen-bond acceptors (Lipinski definition) is 10. The maximum absolute atomic E-state index is 15.4. The molecule has 4 aliphatic heterocycles. The van der Waals surface area contributed by atoms with Gasteiger partial charge in [-0.1, -0.05) is 17.9 Å². The molecule has 3 aromatic rings. The Morgan fingerprint density at radius 2 is 1.71 bits per heavy atom. The van der Waals surface area contributed by atoms with E-state index in [-0.39, 0.29) is 40.7 Å². The van der Waals surface area contributed by atoms with E-state index in [1.54, 1.807) is 24.3 Å². The number of carbonyl (C=O) groups is 6. The monoisotopic (exact) mass is 871 g/mol. The summed E-state index contributed by atoms with van der Waals surface area (Å²) in [5.74, 6) is 0.999. The minimum absolute atomic E-state index is 0.0109. The quantitative estimate of drug-likeness (QED) is 0.136. The van der Waals surface area contributed by atoms with E-state index in [2.05, 4.69) is 27.4 Å². The molecule has 1 atom stereocenters. The molecule has 0 aliphatic carbocycles. The molecule has 3 aromatic carbocycles. The number of nitrogens with one attached hydrogen (secondary N) is 2. The van der Waals surface area contributed by atoms with Crippen LogP contribution in [-0.4, -0.2) is 94.7 Å². The van der Waals surface area contributed by atoms with Gasteiger partial charge >= 0.3 is 6.18 Å². The van der Waals surface area contributed by atoms with Crippen molar-refractivity contribution in [2.75, 3.05) is 42.6 Å². The molecule has 4 aliphatic rings. The lowest BCUT2D eigenvalue weighted by atomic mass is 9.97. The molecule has 6 amide bonds. The van der Waals surface area contributed by atoms with Crippen LogP contribution in [0.1, 0.15) is 76.9 Å². The topological polar surface area (TPSA) is 172 Å². The molecule has 320 valence electrons. The second-order valence-electron chi connectivity index (χ2n) is 15.4. The third-order valence-corrected chi connectivity index (χ3v) is 11.5. The number of hydrogen-bond donors (Lipinski definition) is 2. The number of alkyl halides is 3. The van der Waals surface area contributed by atoms with Crippen molar-refractivity contribution in [2.24, 2.45) is 5.92 Å². The first-order chi connectivity index (χ1) is 29.4. The summed E-state index contributed by atoms with van der Waals surface area (Å²) in [6.07, 6.45) is -3.63. The van der Waals surface area contributed by atoms with E-state index in [1.165, 1.54) is 43.0 Å². The first-order valence-electron chi connectivity index (χ1n) is 19.5. The maximum atomic E-state index is 15.4. The van der Waals surface area contributed by atoms with Crippen LogP contribution in [0.25, 0.3) is 0 Å². The number of anilines is 2. The lowest BCUT2D eigenvalue weighted by Gasteiger charge is -2.29. The van der Waals surface area contributed by atoms with Crippen molar-refractivity contribution >= 4 is 64.1 Å². The van der Waals surface area contributed by atoms with Crippen LogP contribution in [0.3, 0.4) is 0 Å². The number of imide groups is 2. The van der Waals surface area contributed by atoms with Crippen LogP contribution in [0.2, 0.25) is 0 Å². The third kappa shape index (κ3) is 8.20.